The van der Waals surface area contributed by atoms with E-state index >= 15 is 0 Å². The van der Waals surface area contributed by atoms with Crippen LogP contribution in [0.25, 0.3) is 0 Å². The first-order valence-corrected chi connectivity index (χ1v) is 5.13. The van der Waals surface area contributed by atoms with Crippen LogP contribution in [0.2, 0.25) is 0 Å². The number of carbonyl (C=O) groups is 2. The van der Waals surface area contributed by atoms with Gasteiger partial charge in [0.2, 0.25) is 0 Å². The molecule has 4 heteroatoms. The van der Waals surface area contributed by atoms with Crippen LogP contribution in [0.4, 0.5) is 0 Å². The van der Waals surface area contributed by atoms with Crippen LogP contribution in [-0.2, 0) is 9.59 Å². The summed E-state index contributed by atoms with van der Waals surface area (Å²) >= 11 is 0. The topological polar surface area (TPSA) is 74.6 Å². The molecule has 15 heavy (non-hydrogen) atoms. The summed E-state index contributed by atoms with van der Waals surface area (Å²) in [6.45, 7) is 3.51. The van der Waals surface area contributed by atoms with Crippen LogP contribution in [0.15, 0.2) is 12.7 Å². The highest BCUT2D eigenvalue weighted by molar-refractivity contribution is 5.70. The minimum atomic E-state index is -0.798. The molecule has 0 radical (unpaired) electrons. The number of unbranched alkanes of at least 4 members (excludes halogenated alkanes) is 2. The third-order valence-electron chi connectivity index (χ3n) is 2.24. The largest absolute Gasteiger partial charge is 0.481 e. The molecule has 1 unspecified atom stereocenters. The smallest absolute Gasteiger partial charge is 0.306 e. The van der Waals surface area contributed by atoms with Crippen LogP contribution in [0.3, 0.4) is 0 Å². The standard InChI is InChI=1S/C11H18O4/c1-2-6-9(11(14)15)7-4-3-5-8-10(12)13/h2,9H,1,3-8H2,(H,12,13)(H,14,15). The molecule has 0 rings (SSSR count). The monoisotopic (exact) mass is 214 g/mol. The van der Waals surface area contributed by atoms with Gasteiger partial charge < -0.3 is 10.2 Å². The molecule has 0 heterocycles. The molecular weight excluding hydrogens is 196 g/mol. The third kappa shape index (κ3) is 7.73. The lowest BCUT2D eigenvalue weighted by Gasteiger charge is -2.08. The van der Waals surface area contributed by atoms with E-state index in [4.69, 9.17) is 10.2 Å². The molecule has 86 valence electrons. The van der Waals surface area contributed by atoms with Gasteiger partial charge in [-0.05, 0) is 19.3 Å². The van der Waals surface area contributed by atoms with Gasteiger partial charge in [0.1, 0.15) is 0 Å². The van der Waals surface area contributed by atoms with Gasteiger partial charge in [-0.3, -0.25) is 9.59 Å². The number of rotatable bonds is 9. The second-order valence-electron chi connectivity index (χ2n) is 3.55. The molecule has 0 bridgehead atoms. The molecule has 0 aliphatic heterocycles. The molecule has 0 aromatic rings. The van der Waals surface area contributed by atoms with E-state index in [-0.39, 0.29) is 12.3 Å². The van der Waals surface area contributed by atoms with Crippen molar-refractivity contribution in [2.75, 3.05) is 0 Å². The third-order valence-corrected chi connectivity index (χ3v) is 2.24. The Kier molecular flexibility index (Phi) is 7.32. The van der Waals surface area contributed by atoms with E-state index in [0.29, 0.717) is 19.3 Å². The van der Waals surface area contributed by atoms with Gasteiger partial charge in [-0.1, -0.05) is 18.9 Å². The normalized spacial score (nSPS) is 12.0. The van der Waals surface area contributed by atoms with Gasteiger partial charge in [-0.15, -0.1) is 6.58 Å². The maximum absolute atomic E-state index is 10.7. The molecule has 0 saturated carbocycles. The first-order valence-electron chi connectivity index (χ1n) is 5.13. The van der Waals surface area contributed by atoms with Crippen molar-refractivity contribution in [1.82, 2.24) is 0 Å². The minimum Gasteiger partial charge on any atom is -0.481 e. The number of carboxylic acid groups (broad SMARTS) is 2. The summed E-state index contributed by atoms with van der Waals surface area (Å²) in [7, 11) is 0. The lowest BCUT2D eigenvalue weighted by atomic mass is 9.98. The quantitative estimate of drug-likeness (QED) is 0.456. The Morgan fingerprint density at radius 3 is 2.33 bits per heavy atom. The number of hydrogen-bond donors (Lipinski definition) is 2. The fraction of sp³-hybridized carbons (Fsp3) is 0.636. The van der Waals surface area contributed by atoms with Gasteiger partial charge >= 0.3 is 11.9 Å². The first kappa shape index (κ1) is 13.7. The van der Waals surface area contributed by atoms with Crippen molar-refractivity contribution in [3.8, 4) is 0 Å². The number of carboxylic acids is 2. The maximum Gasteiger partial charge on any atom is 0.306 e. The molecule has 0 amide bonds. The fourth-order valence-corrected chi connectivity index (χ4v) is 1.39. The molecule has 0 aromatic heterocycles. The summed E-state index contributed by atoms with van der Waals surface area (Å²) in [5.41, 5.74) is 0. The van der Waals surface area contributed by atoms with Gasteiger partial charge in [0.15, 0.2) is 0 Å². The van der Waals surface area contributed by atoms with Crippen molar-refractivity contribution in [3.63, 3.8) is 0 Å². The molecule has 2 N–H and O–H groups in total. The van der Waals surface area contributed by atoms with Crippen LogP contribution in [0.5, 0.6) is 0 Å². The Bertz CT molecular complexity index is 223. The van der Waals surface area contributed by atoms with Gasteiger partial charge in [0.25, 0.3) is 0 Å². The summed E-state index contributed by atoms with van der Waals surface area (Å²) in [6, 6.07) is 0. The predicted octanol–water partition coefficient (Wildman–Crippen LogP) is 2.30. The highest BCUT2D eigenvalue weighted by atomic mass is 16.4. The molecule has 4 nitrogen and oxygen atoms in total. The average molecular weight is 214 g/mol. The Hall–Kier alpha value is -1.32. The predicted molar refractivity (Wildman–Crippen MR) is 56.7 cm³/mol. The zero-order valence-corrected chi connectivity index (χ0v) is 8.82. The maximum atomic E-state index is 10.7. The van der Waals surface area contributed by atoms with Crippen molar-refractivity contribution < 1.29 is 19.8 Å². The van der Waals surface area contributed by atoms with Gasteiger partial charge in [-0.25, -0.2) is 0 Å². The zero-order chi connectivity index (χ0) is 11.7. The number of aliphatic carboxylic acids is 2. The fourth-order valence-electron chi connectivity index (χ4n) is 1.39. The summed E-state index contributed by atoms with van der Waals surface area (Å²) < 4.78 is 0. The highest BCUT2D eigenvalue weighted by Gasteiger charge is 2.14. The first-order chi connectivity index (χ1) is 7.07. The van der Waals surface area contributed by atoms with Crippen LogP contribution >= 0.6 is 0 Å². The van der Waals surface area contributed by atoms with Crippen LogP contribution < -0.4 is 0 Å². The molecule has 0 fully saturated rings. The van der Waals surface area contributed by atoms with Crippen molar-refractivity contribution in [2.45, 2.75) is 38.5 Å². The highest BCUT2D eigenvalue weighted by Crippen LogP contribution is 2.15. The van der Waals surface area contributed by atoms with Crippen molar-refractivity contribution in [1.29, 1.82) is 0 Å². The van der Waals surface area contributed by atoms with E-state index in [9.17, 15) is 9.59 Å². The van der Waals surface area contributed by atoms with Crippen LogP contribution in [-0.4, -0.2) is 22.2 Å². The number of allylic oxidation sites excluding steroid dienone is 1. The number of hydrogen-bond acceptors (Lipinski definition) is 2. The van der Waals surface area contributed by atoms with Crippen LogP contribution in [0.1, 0.15) is 38.5 Å². The van der Waals surface area contributed by atoms with E-state index in [1.54, 1.807) is 6.08 Å². The van der Waals surface area contributed by atoms with Crippen molar-refractivity contribution in [2.24, 2.45) is 5.92 Å². The van der Waals surface area contributed by atoms with Gasteiger partial charge in [0.05, 0.1) is 5.92 Å². The lowest BCUT2D eigenvalue weighted by molar-refractivity contribution is -0.142. The Balaban J connectivity index is 3.57. The average Bonchev–Trinajstić information content (AvgIpc) is 2.15. The second-order valence-corrected chi connectivity index (χ2v) is 3.55. The minimum absolute atomic E-state index is 0.166. The Morgan fingerprint density at radius 2 is 1.87 bits per heavy atom. The molecule has 0 aliphatic rings. The van der Waals surface area contributed by atoms with E-state index in [0.717, 1.165) is 12.8 Å². The molecule has 0 aliphatic carbocycles. The summed E-state index contributed by atoms with van der Waals surface area (Å²) in [5.74, 6) is -1.96. The lowest BCUT2D eigenvalue weighted by Crippen LogP contribution is -2.12. The van der Waals surface area contributed by atoms with Crippen LogP contribution in [0, 0.1) is 5.92 Å². The van der Waals surface area contributed by atoms with E-state index < -0.39 is 11.9 Å². The molecule has 0 spiro atoms. The van der Waals surface area contributed by atoms with E-state index in [2.05, 4.69) is 6.58 Å². The summed E-state index contributed by atoms with van der Waals surface area (Å²) in [4.78, 5) is 20.9. The van der Waals surface area contributed by atoms with E-state index in [1.165, 1.54) is 0 Å². The molecular formula is C11H18O4. The summed E-state index contributed by atoms with van der Waals surface area (Å²) in [5, 5.41) is 17.2. The van der Waals surface area contributed by atoms with Crippen molar-refractivity contribution in [3.05, 3.63) is 12.7 Å². The Labute approximate surface area is 89.6 Å². The van der Waals surface area contributed by atoms with Crippen molar-refractivity contribution >= 4 is 11.9 Å². The SMILES string of the molecule is C=CCC(CCCCCC(=O)O)C(=O)O. The Morgan fingerprint density at radius 1 is 1.20 bits per heavy atom. The molecule has 0 aromatic carbocycles. The van der Waals surface area contributed by atoms with Gasteiger partial charge in [-0.2, -0.15) is 0 Å². The zero-order valence-electron chi connectivity index (χ0n) is 8.82. The second kappa shape index (κ2) is 8.03. The molecule has 0 saturated heterocycles. The van der Waals surface area contributed by atoms with E-state index in [1.807, 2.05) is 0 Å². The molecule has 1 atom stereocenters. The summed E-state index contributed by atoms with van der Waals surface area (Å²) in [6.07, 6.45) is 5.01. The van der Waals surface area contributed by atoms with Gasteiger partial charge in [0, 0.05) is 6.42 Å².